The third kappa shape index (κ3) is 5.32. The molecule has 0 unspecified atom stereocenters. The van der Waals surface area contributed by atoms with Gasteiger partial charge < -0.3 is 14.8 Å². The lowest BCUT2D eigenvalue weighted by atomic mass is 10.1. The van der Waals surface area contributed by atoms with Crippen LogP contribution in [0.4, 0.5) is 18.9 Å². The molecule has 0 aliphatic heterocycles. The SMILES string of the molecule is CCOC(=O)c1ccccc1NC(=O)COC(=O)c1ccccc1C(F)(F)F. The van der Waals surface area contributed by atoms with Gasteiger partial charge in [-0.2, -0.15) is 13.2 Å². The summed E-state index contributed by atoms with van der Waals surface area (Å²) in [5, 5.41) is 2.36. The van der Waals surface area contributed by atoms with E-state index in [1.165, 1.54) is 18.2 Å². The van der Waals surface area contributed by atoms with Crippen molar-refractivity contribution in [2.24, 2.45) is 0 Å². The number of ether oxygens (including phenoxy) is 2. The van der Waals surface area contributed by atoms with Gasteiger partial charge in [-0.15, -0.1) is 0 Å². The summed E-state index contributed by atoms with van der Waals surface area (Å²) in [4.78, 5) is 35.8. The maximum Gasteiger partial charge on any atom is 0.417 e. The van der Waals surface area contributed by atoms with Gasteiger partial charge in [0.05, 0.1) is 29.0 Å². The number of carbonyl (C=O) groups is 3. The van der Waals surface area contributed by atoms with Crippen molar-refractivity contribution in [3.8, 4) is 0 Å². The van der Waals surface area contributed by atoms with Gasteiger partial charge in [0.25, 0.3) is 5.91 Å². The molecule has 6 nitrogen and oxygen atoms in total. The van der Waals surface area contributed by atoms with Crippen molar-refractivity contribution in [3.05, 3.63) is 65.2 Å². The third-order valence-electron chi connectivity index (χ3n) is 3.48. The highest BCUT2D eigenvalue weighted by Crippen LogP contribution is 2.32. The summed E-state index contributed by atoms with van der Waals surface area (Å²) in [6, 6.07) is 10.1. The van der Waals surface area contributed by atoms with Crippen LogP contribution in [0.2, 0.25) is 0 Å². The molecule has 0 atom stereocenters. The molecule has 28 heavy (non-hydrogen) atoms. The largest absolute Gasteiger partial charge is 0.462 e. The zero-order valence-electron chi connectivity index (χ0n) is 14.7. The Morgan fingerprint density at radius 2 is 1.46 bits per heavy atom. The number of halogens is 3. The Morgan fingerprint density at radius 3 is 2.11 bits per heavy atom. The second-order valence-electron chi connectivity index (χ2n) is 5.43. The van der Waals surface area contributed by atoms with Gasteiger partial charge in [0.2, 0.25) is 0 Å². The van der Waals surface area contributed by atoms with E-state index in [1.807, 2.05) is 0 Å². The Morgan fingerprint density at radius 1 is 0.893 bits per heavy atom. The fourth-order valence-corrected chi connectivity index (χ4v) is 2.28. The lowest BCUT2D eigenvalue weighted by Crippen LogP contribution is -2.23. The molecule has 9 heteroatoms. The second kappa shape index (κ2) is 9.03. The highest BCUT2D eigenvalue weighted by Gasteiger charge is 2.35. The quantitative estimate of drug-likeness (QED) is 0.755. The van der Waals surface area contributed by atoms with Gasteiger partial charge in [0.15, 0.2) is 6.61 Å². The minimum atomic E-state index is -4.74. The highest BCUT2D eigenvalue weighted by atomic mass is 19.4. The van der Waals surface area contributed by atoms with E-state index in [1.54, 1.807) is 19.1 Å². The molecule has 148 valence electrons. The number of carbonyl (C=O) groups excluding carboxylic acids is 3. The van der Waals surface area contributed by atoms with E-state index >= 15 is 0 Å². The Bertz CT molecular complexity index is 880. The van der Waals surface area contributed by atoms with Gasteiger partial charge in [-0.25, -0.2) is 9.59 Å². The van der Waals surface area contributed by atoms with E-state index in [4.69, 9.17) is 4.74 Å². The van der Waals surface area contributed by atoms with Gasteiger partial charge in [-0.1, -0.05) is 24.3 Å². The average Bonchev–Trinajstić information content (AvgIpc) is 2.66. The number of hydrogen-bond acceptors (Lipinski definition) is 5. The molecule has 0 saturated heterocycles. The molecular weight excluding hydrogens is 379 g/mol. The highest BCUT2D eigenvalue weighted by molar-refractivity contribution is 6.02. The van der Waals surface area contributed by atoms with Crippen LogP contribution >= 0.6 is 0 Å². The van der Waals surface area contributed by atoms with Crippen LogP contribution in [0.3, 0.4) is 0 Å². The van der Waals surface area contributed by atoms with E-state index in [2.05, 4.69) is 10.1 Å². The lowest BCUT2D eigenvalue weighted by molar-refractivity contribution is -0.138. The first-order valence-corrected chi connectivity index (χ1v) is 8.13. The summed E-state index contributed by atoms with van der Waals surface area (Å²) in [6.07, 6.45) is -4.74. The summed E-state index contributed by atoms with van der Waals surface area (Å²) in [5.74, 6) is -2.77. The lowest BCUT2D eigenvalue weighted by Gasteiger charge is -2.13. The summed E-state index contributed by atoms with van der Waals surface area (Å²) in [5.41, 5.74) is -1.65. The number of esters is 2. The van der Waals surface area contributed by atoms with Gasteiger partial charge in [-0.3, -0.25) is 4.79 Å². The molecule has 0 aliphatic carbocycles. The number of para-hydroxylation sites is 1. The molecule has 0 aliphatic rings. The van der Waals surface area contributed by atoms with Crippen LogP contribution in [0.25, 0.3) is 0 Å². The molecule has 0 aromatic heterocycles. The minimum absolute atomic E-state index is 0.0893. The van der Waals surface area contributed by atoms with E-state index < -0.39 is 41.8 Å². The Labute approximate surface area is 158 Å². The van der Waals surface area contributed by atoms with Crippen LogP contribution in [-0.2, 0) is 20.4 Å². The van der Waals surface area contributed by atoms with Crippen molar-refractivity contribution in [2.45, 2.75) is 13.1 Å². The molecular formula is C19H16F3NO5. The van der Waals surface area contributed by atoms with Crippen LogP contribution < -0.4 is 5.32 Å². The predicted molar refractivity (Wildman–Crippen MR) is 92.8 cm³/mol. The Hall–Kier alpha value is -3.36. The Kier molecular flexibility index (Phi) is 6.75. The summed E-state index contributed by atoms with van der Waals surface area (Å²) in [7, 11) is 0. The Balaban J connectivity index is 2.05. The number of alkyl halides is 3. The molecule has 0 bridgehead atoms. The van der Waals surface area contributed by atoms with Crippen molar-refractivity contribution in [1.29, 1.82) is 0 Å². The second-order valence-corrected chi connectivity index (χ2v) is 5.43. The van der Waals surface area contributed by atoms with Crippen LogP contribution in [0.15, 0.2) is 48.5 Å². The summed E-state index contributed by atoms with van der Waals surface area (Å²) in [6.45, 7) is 0.927. The minimum Gasteiger partial charge on any atom is -0.462 e. The zero-order valence-corrected chi connectivity index (χ0v) is 14.7. The monoisotopic (exact) mass is 395 g/mol. The van der Waals surface area contributed by atoms with Gasteiger partial charge in [0, 0.05) is 0 Å². The first kappa shape index (κ1) is 20.9. The van der Waals surface area contributed by atoms with Crippen molar-refractivity contribution in [3.63, 3.8) is 0 Å². The van der Waals surface area contributed by atoms with Crippen LogP contribution in [0, 0.1) is 0 Å². The first-order chi connectivity index (χ1) is 13.2. The van der Waals surface area contributed by atoms with Crippen LogP contribution in [0.1, 0.15) is 33.2 Å². The number of hydrogen-bond donors (Lipinski definition) is 1. The summed E-state index contributed by atoms with van der Waals surface area (Å²) >= 11 is 0. The fraction of sp³-hybridized carbons (Fsp3) is 0.211. The molecule has 0 heterocycles. The molecule has 1 amide bonds. The molecule has 0 fully saturated rings. The van der Waals surface area contributed by atoms with Crippen LogP contribution in [0.5, 0.6) is 0 Å². The predicted octanol–water partition coefficient (Wildman–Crippen LogP) is 3.68. The van der Waals surface area contributed by atoms with Crippen molar-refractivity contribution < 1.29 is 37.0 Å². The molecule has 0 saturated carbocycles. The maximum absolute atomic E-state index is 12.9. The molecule has 2 aromatic rings. The van der Waals surface area contributed by atoms with Gasteiger partial charge in [-0.05, 0) is 31.2 Å². The van der Waals surface area contributed by atoms with E-state index in [9.17, 15) is 27.6 Å². The van der Waals surface area contributed by atoms with E-state index in [0.717, 1.165) is 18.2 Å². The molecule has 2 aromatic carbocycles. The van der Waals surface area contributed by atoms with Crippen LogP contribution in [-0.4, -0.2) is 31.1 Å². The number of rotatable bonds is 6. The molecule has 2 rings (SSSR count). The zero-order chi connectivity index (χ0) is 20.7. The van der Waals surface area contributed by atoms with E-state index in [0.29, 0.717) is 0 Å². The number of nitrogens with one attached hydrogen (secondary N) is 1. The summed E-state index contributed by atoms with van der Waals surface area (Å²) < 4.78 is 48.4. The first-order valence-electron chi connectivity index (χ1n) is 8.13. The number of anilines is 1. The molecule has 1 N–H and O–H groups in total. The maximum atomic E-state index is 12.9. The number of amides is 1. The average molecular weight is 395 g/mol. The third-order valence-corrected chi connectivity index (χ3v) is 3.48. The molecule has 0 radical (unpaired) electrons. The smallest absolute Gasteiger partial charge is 0.417 e. The van der Waals surface area contributed by atoms with Gasteiger partial charge >= 0.3 is 18.1 Å². The van der Waals surface area contributed by atoms with Gasteiger partial charge in [0.1, 0.15) is 0 Å². The van der Waals surface area contributed by atoms with Crippen molar-refractivity contribution >= 4 is 23.5 Å². The van der Waals surface area contributed by atoms with E-state index in [-0.39, 0.29) is 17.9 Å². The normalized spacial score (nSPS) is 10.9. The molecule has 0 spiro atoms. The van der Waals surface area contributed by atoms with Crippen molar-refractivity contribution in [1.82, 2.24) is 0 Å². The van der Waals surface area contributed by atoms with Crippen molar-refractivity contribution in [2.75, 3.05) is 18.5 Å². The topological polar surface area (TPSA) is 81.7 Å². The number of benzene rings is 2. The fourth-order valence-electron chi connectivity index (χ4n) is 2.28. The standard InChI is InChI=1S/C19H16F3NO5/c1-2-27-18(26)13-8-4-6-10-15(13)23-16(24)11-28-17(25)12-7-3-5-9-14(12)19(20,21)22/h3-10H,2,11H2,1H3,(H,23,24).